The summed E-state index contributed by atoms with van der Waals surface area (Å²) in [5, 5.41) is 23.3. The Balaban J connectivity index is 3.43. The van der Waals surface area contributed by atoms with E-state index in [0.717, 1.165) is 57.8 Å². The van der Waals surface area contributed by atoms with Crippen LogP contribution in [0, 0.1) is 0 Å². The van der Waals surface area contributed by atoms with Gasteiger partial charge in [-0.05, 0) is 83.5 Å². The smallest absolute Gasteiger partial charge is 0.305 e. The Morgan fingerprint density at radius 2 is 0.667 bits per heavy atom. The van der Waals surface area contributed by atoms with Crippen LogP contribution in [0.15, 0.2) is 36.5 Å². The Bertz CT molecular complexity index is 1210. The normalized spacial score (nSPS) is 12.7. The van der Waals surface area contributed by atoms with E-state index in [1.165, 1.54) is 276 Å². The number of ether oxygens (including phenoxy) is 1. The van der Waals surface area contributed by atoms with Crippen LogP contribution in [0.1, 0.15) is 367 Å². The standard InChI is InChI=1S/C69H131NO5/c1-3-5-7-9-11-13-15-17-19-21-27-31-35-39-43-47-51-55-59-63-69(74)75-64-60-56-52-48-44-40-36-32-29-26-24-22-23-25-28-30-34-38-42-46-50-54-58-62-68(73)70-66(65-71)67(72)61-57-53-49-45-41-37-33-20-18-16-14-12-10-8-6-4-2/h17,19,22,24-25,28,66-67,71-72H,3-16,18,20-21,23,26-27,29-65H2,1-2H3,(H,70,73)/b19-17-,24-22-,28-25-. The molecule has 0 fully saturated rings. The van der Waals surface area contributed by atoms with Gasteiger partial charge in [-0.1, -0.05) is 307 Å². The number of aliphatic hydroxyl groups is 2. The highest BCUT2D eigenvalue weighted by Gasteiger charge is 2.20. The third kappa shape index (κ3) is 61.2. The SMILES string of the molecule is CCCCCCCC/C=C\CCCCCCCCCCCC(=O)OCCCCCCCCCCC/C=C\C/C=C\CCCCCCCCCC(=O)NC(CO)C(O)CCCCCCCCCCCCCCCCCC. The molecule has 0 spiro atoms. The lowest BCUT2D eigenvalue weighted by atomic mass is 10.0. The van der Waals surface area contributed by atoms with Crippen LogP contribution in [-0.4, -0.2) is 47.4 Å². The summed E-state index contributed by atoms with van der Waals surface area (Å²) < 4.78 is 5.50. The summed E-state index contributed by atoms with van der Waals surface area (Å²) in [7, 11) is 0. The van der Waals surface area contributed by atoms with Gasteiger partial charge in [-0.15, -0.1) is 0 Å². The molecule has 0 aromatic rings. The molecule has 6 heteroatoms. The van der Waals surface area contributed by atoms with Gasteiger partial charge < -0.3 is 20.3 Å². The van der Waals surface area contributed by atoms with Crippen molar-refractivity contribution < 1.29 is 24.5 Å². The van der Waals surface area contributed by atoms with Gasteiger partial charge in [0.25, 0.3) is 0 Å². The average molecular weight is 1050 g/mol. The summed E-state index contributed by atoms with van der Waals surface area (Å²) >= 11 is 0. The molecular formula is C69H131NO5. The molecule has 0 bridgehead atoms. The number of amides is 1. The minimum atomic E-state index is -0.671. The van der Waals surface area contributed by atoms with E-state index in [2.05, 4.69) is 55.6 Å². The van der Waals surface area contributed by atoms with Gasteiger partial charge in [-0.3, -0.25) is 9.59 Å². The molecule has 1 amide bonds. The Labute approximate surface area is 468 Å². The van der Waals surface area contributed by atoms with Gasteiger partial charge in [0.15, 0.2) is 0 Å². The predicted octanol–water partition coefficient (Wildman–Crippen LogP) is 21.5. The molecule has 0 rings (SSSR count). The Hall–Kier alpha value is -1.92. The molecule has 0 aromatic carbocycles. The lowest BCUT2D eigenvalue weighted by molar-refractivity contribution is -0.143. The van der Waals surface area contributed by atoms with Gasteiger partial charge in [0.2, 0.25) is 5.91 Å². The maximum absolute atomic E-state index is 12.5. The maximum Gasteiger partial charge on any atom is 0.305 e. The highest BCUT2D eigenvalue weighted by molar-refractivity contribution is 5.76. The molecule has 0 aliphatic rings. The minimum absolute atomic E-state index is 0.00707. The van der Waals surface area contributed by atoms with Crippen LogP contribution >= 0.6 is 0 Å². The topological polar surface area (TPSA) is 95.9 Å². The van der Waals surface area contributed by atoms with E-state index < -0.39 is 12.1 Å². The van der Waals surface area contributed by atoms with Gasteiger partial charge in [0, 0.05) is 12.8 Å². The van der Waals surface area contributed by atoms with Gasteiger partial charge in [0.1, 0.15) is 0 Å². The molecule has 0 aliphatic carbocycles. The van der Waals surface area contributed by atoms with E-state index in [0.29, 0.717) is 25.9 Å². The molecule has 3 N–H and O–H groups in total. The molecule has 0 radical (unpaired) electrons. The highest BCUT2D eigenvalue weighted by atomic mass is 16.5. The number of aliphatic hydroxyl groups excluding tert-OH is 2. The number of allylic oxidation sites excluding steroid dienone is 6. The number of unbranched alkanes of at least 4 members (excludes halogenated alkanes) is 46. The van der Waals surface area contributed by atoms with Crippen molar-refractivity contribution in [3.63, 3.8) is 0 Å². The zero-order valence-electron chi connectivity index (χ0n) is 50.5. The molecule has 6 nitrogen and oxygen atoms in total. The van der Waals surface area contributed by atoms with Gasteiger partial charge in [-0.25, -0.2) is 0 Å². The van der Waals surface area contributed by atoms with Gasteiger partial charge >= 0.3 is 5.97 Å². The van der Waals surface area contributed by atoms with Crippen molar-refractivity contribution in [3.05, 3.63) is 36.5 Å². The van der Waals surface area contributed by atoms with E-state index in [-0.39, 0.29) is 18.5 Å². The number of carbonyl (C=O) groups excluding carboxylic acids is 2. The van der Waals surface area contributed by atoms with E-state index >= 15 is 0 Å². The van der Waals surface area contributed by atoms with Crippen LogP contribution in [0.3, 0.4) is 0 Å². The zero-order valence-corrected chi connectivity index (χ0v) is 50.5. The fourth-order valence-electron chi connectivity index (χ4n) is 10.5. The molecule has 0 heterocycles. The van der Waals surface area contributed by atoms with Crippen LogP contribution in [0.5, 0.6) is 0 Å². The van der Waals surface area contributed by atoms with E-state index in [4.69, 9.17) is 4.74 Å². The Kier molecular flexibility index (Phi) is 63.0. The summed E-state index contributed by atoms with van der Waals surface area (Å²) in [6, 6.07) is -0.550. The van der Waals surface area contributed by atoms with Crippen molar-refractivity contribution in [3.8, 4) is 0 Å². The third-order valence-electron chi connectivity index (χ3n) is 15.7. The summed E-state index contributed by atoms with van der Waals surface area (Å²) in [6.45, 7) is 4.96. The molecule has 442 valence electrons. The summed E-state index contributed by atoms with van der Waals surface area (Å²) in [5.41, 5.74) is 0. The Morgan fingerprint density at radius 1 is 0.373 bits per heavy atom. The zero-order chi connectivity index (χ0) is 54.3. The van der Waals surface area contributed by atoms with Crippen molar-refractivity contribution in [2.75, 3.05) is 13.2 Å². The molecular weight excluding hydrogens is 923 g/mol. The summed E-state index contributed by atoms with van der Waals surface area (Å²) in [5.74, 6) is -0.0362. The minimum Gasteiger partial charge on any atom is -0.466 e. The Morgan fingerprint density at radius 3 is 1.03 bits per heavy atom. The average Bonchev–Trinajstić information content (AvgIpc) is 3.41. The van der Waals surface area contributed by atoms with Crippen LogP contribution in [0.25, 0.3) is 0 Å². The van der Waals surface area contributed by atoms with E-state index in [1.807, 2.05) is 0 Å². The monoisotopic (exact) mass is 1050 g/mol. The molecule has 75 heavy (non-hydrogen) atoms. The molecule has 2 atom stereocenters. The van der Waals surface area contributed by atoms with E-state index in [9.17, 15) is 19.8 Å². The maximum atomic E-state index is 12.5. The fourth-order valence-corrected chi connectivity index (χ4v) is 10.5. The van der Waals surface area contributed by atoms with E-state index in [1.54, 1.807) is 0 Å². The second-order valence-electron chi connectivity index (χ2n) is 23.1. The van der Waals surface area contributed by atoms with Gasteiger partial charge in [-0.2, -0.15) is 0 Å². The van der Waals surface area contributed by atoms with Crippen LogP contribution < -0.4 is 5.32 Å². The lowest BCUT2D eigenvalue weighted by Gasteiger charge is -2.22. The first-order valence-corrected chi connectivity index (χ1v) is 33.7. The molecule has 0 saturated carbocycles. The number of hydrogen-bond donors (Lipinski definition) is 3. The number of rotatable bonds is 63. The first-order chi connectivity index (χ1) is 37.0. The van der Waals surface area contributed by atoms with Crippen LogP contribution in [0.2, 0.25) is 0 Å². The molecule has 0 saturated heterocycles. The van der Waals surface area contributed by atoms with Crippen LogP contribution in [0.4, 0.5) is 0 Å². The number of hydrogen-bond acceptors (Lipinski definition) is 5. The second-order valence-corrected chi connectivity index (χ2v) is 23.1. The second kappa shape index (κ2) is 64.6. The largest absolute Gasteiger partial charge is 0.466 e. The van der Waals surface area contributed by atoms with Gasteiger partial charge in [0.05, 0.1) is 25.4 Å². The van der Waals surface area contributed by atoms with Crippen molar-refractivity contribution in [1.29, 1.82) is 0 Å². The van der Waals surface area contributed by atoms with Crippen LogP contribution in [-0.2, 0) is 14.3 Å². The first-order valence-electron chi connectivity index (χ1n) is 33.7. The van der Waals surface area contributed by atoms with Crippen molar-refractivity contribution in [1.82, 2.24) is 5.32 Å². The number of esters is 1. The number of carbonyl (C=O) groups is 2. The molecule has 2 unspecified atom stereocenters. The lowest BCUT2D eigenvalue weighted by Crippen LogP contribution is -2.45. The quantitative estimate of drug-likeness (QED) is 0.0320. The summed E-state index contributed by atoms with van der Waals surface area (Å²) in [6.07, 6.45) is 81.7. The van der Waals surface area contributed by atoms with Crippen molar-refractivity contribution in [2.24, 2.45) is 0 Å². The summed E-state index contributed by atoms with van der Waals surface area (Å²) in [4.78, 5) is 24.6. The van der Waals surface area contributed by atoms with Crippen molar-refractivity contribution >= 4 is 11.9 Å². The predicted molar refractivity (Wildman–Crippen MR) is 329 cm³/mol. The third-order valence-corrected chi connectivity index (χ3v) is 15.7. The first kappa shape index (κ1) is 73.1. The van der Waals surface area contributed by atoms with Crippen molar-refractivity contribution in [2.45, 2.75) is 379 Å². The number of nitrogens with one attached hydrogen (secondary N) is 1. The fraction of sp³-hybridized carbons (Fsp3) is 0.884. The molecule has 0 aromatic heterocycles. The highest BCUT2D eigenvalue weighted by Crippen LogP contribution is 2.18. The molecule has 0 aliphatic heterocycles.